The quantitative estimate of drug-likeness (QED) is 0.524. The maximum atomic E-state index is 14.0. The number of rotatable bonds is 5. The molecule has 3 aliphatic heterocycles. The summed E-state index contributed by atoms with van der Waals surface area (Å²) in [6, 6.07) is 6.68. The number of carbonyl (C=O) groups is 3. The van der Waals surface area contributed by atoms with Gasteiger partial charge in [0.1, 0.15) is 12.1 Å². The number of carbonyl (C=O) groups excluding carboxylic acids is 3. The van der Waals surface area contributed by atoms with Crippen LogP contribution >= 0.6 is 23.5 Å². The molecule has 1 aliphatic carbocycles. The zero-order chi connectivity index (χ0) is 24.6. The zero-order valence-electron chi connectivity index (χ0n) is 20.3. The van der Waals surface area contributed by atoms with Crippen LogP contribution in [0.15, 0.2) is 41.3 Å². The topological polar surface area (TPSA) is 90.5 Å². The van der Waals surface area contributed by atoms with Crippen LogP contribution in [0.1, 0.15) is 50.6 Å². The molecule has 1 spiro atoms. The molecule has 2 saturated heterocycles. The van der Waals surface area contributed by atoms with Gasteiger partial charge in [-0.2, -0.15) is 0 Å². The number of benzene rings is 1. The van der Waals surface area contributed by atoms with Crippen molar-refractivity contribution in [2.24, 2.45) is 5.41 Å². The molecule has 9 heteroatoms. The Labute approximate surface area is 215 Å². The number of thioether (sulfide) groups is 2. The van der Waals surface area contributed by atoms with Crippen molar-refractivity contribution < 1.29 is 14.4 Å². The van der Waals surface area contributed by atoms with Crippen molar-refractivity contribution in [2.45, 2.75) is 73.5 Å². The van der Waals surface area contributed by atoms with E-state index in [-0.39, 0.29) is 40.6 Å². The lowest BCUT2D eigenvalue weighted by Crippen LogP contribution is -2.58. The molecule has 3 amide bonds. The molecule has 4 aliphatic rings. The minimum atomic E-state index is -0.609. The van der Waals surface area contributed by atoms with Crippen LogP contribution < -0.4 is 16.0 Å². The SMILES string of the molecule is CN[C@@H](C)C(=O)N[C@H]1CCS[C@H]2CC3(CC=CC3)[C@@H](C(=O)N[C@@H]3CCSc4ccccc43)N2C1=O. The molecule has 2 fully saturated rings. The summed E-state index contributed by atoms with van der Waals surface area (Å²) < 4.78 is 0. The minimum absolute atomic E-state index is 0.0454. The van der Waals surface area contributed by atoms with Gasteiger partial charge in [-0.15, -0.1) is 23.5 Å². The van der Waals surface area contributed by atoms with Crippen molar-refractivity contribution in [3.05, 3.63) is 42.0 Å². The van der Waals surface area contributed by atoms with E-state index in [1.807, 2.05) is 28.8 Å². The molecule has 0 radical (unpaired) electrons. The van der Waals surface area contributed by atoms with Crippen molar-refractivity contribution >= 4 is 41.2 Å². The Hall–Kier alpha value is -1.97. The lowest BCUT2D eigenvalue weighted by molar-refractivity contribution is -0.144. The van der Waals surface area contributed by atoms with Crippen LogP contribution in [0.2, 0.25) is 0 Å². The highest BCUT2D eigenvalue weighted by molar-refractivity contribution is 8.00. The summed E-state index contributed by atoms with van der Waals surface area (Å²) in [6.07, 6.45) is 8.17. The minimum Gasteiger partial charge on any atom is -0.347 e. The van der Waals surface area contributed by atoms with Crippen LogP contribution in [-0.2, 0) is 14.4 Å². The predicted octanol–water partition coefficient (Wildman–Crippen LogP) is 2.83. The summed E-state index contributed by atoms with van der Waals surface area (Å²) in [5.41, 5.74) is 0.887. The van der Waals surface area contributed by atoms with E-state index in [0.717, 1.165) is 42.8 Å². The molecule has 0 bridgehead atoms. The Morgan fingerprint density at radius 1 is 1.09 bits per heavy atom. The maximum Gasteiger partial charge on any atom is 0.246 e. The fraction of sp³-hybridized carbons (Fsp3) is 0.577. The number of hydrogen-bond donors (Lipinski definition) is 3. The number of likely N-dealkylation sites (N-methyl/N-ethyl adjacent to an activating group) is 1. The van der Waals surface area contributed by atoms with Gasteiger partial charge in [-0.05, 0) is 63.5 Å². The zero-order valence-corrected chi connectivity index (χ0v) is 21.9. The van der Waals surface area contributed by atoms with Crippen LogP contribution in [0.5, 0.6) is 0 Å². The molecule has 188 valence electrons. The highest BCUT2D eigenvalue weighted by Gasteiger charge is 2.58. The van der Waals surface area contributed by atoms with Gasteiger partial charge in [0.05, 0.1) is 17.5 Å². The number of fused-ring (bicyclic) bond motifs is 2. The van der Waals surface area contributed by atoms with Crippen LogP contribution in [0.25, 0.3) is 0 Å². The van der Waals surface area contributed by atoms with E-state index in [9.17, 15) is 14.4 Å². The molecule has 7 nitrogen and oxygen atoms in total. The maximum absolute atomic E-state index is 14.0. The largest absolute Gasteiger partial charge is 0.347 e. The average molecular weight is 515 g/mol. The number of nitrogens with one attached hydrogen (secondary N) is 3. The molecular formula is C26H34N4O3S2. The van der Waals surface area contributed by atoms with E-state index >= 15 is 0 Å². The van der Waals surface area contributed by atoms with Gasteiger partial charge in [-0.25, -0.2) is 0 Å². The van der Waals surface area contributed by atoms with E-state index < -0.39 is 12.1 Å². The summed E-state index contributed by atoms with van der Waals surface area (Å²) in [7, 11) is 1.73. The van der Waals surface area contributed by atoms with Crippen molar-refractivity contribution in [3.63, 3.8) is 0 Å². The molecular weight excluding hydrogens is 480 g/mol. The van der Waals surface area contributed by atoms with Crippen LogP contribution in [-0.4, -0.2) is 64.7 Å². The first-order valence-electron chi connectivity index (χ1n) is 12.5. The van der Waals surface area contributed by atoms with Gasteiger partial charge < -0.3 is 20.9 Å². The third-order valence-electron chi connectivity index (χ3n) is 7.90. The van der Waals surface area contributed by atoms with Crippen molar-refractivity contribution in [1.29, 1.82) is 0 Å². The third kappa shape index (κ3) is 4.62. The number of hydrogen-bond acceptors (Lipinski definition) is 6. The van der Waals surface area contributed by atoms with Gasteiger partial charge in [-0.1, -0.05) is 30.4 Å². The summed E-state index contributed by atoms with van der Waals surface area (Å²) in [5, 5.41) is 9.18. The molecule has 3 heterocycles. The number of amides is 3. The first-order valence-corrected chi connectivity index (χ1v) is 14.6. The fourth-order valence-corrected chi connectivity index (χ4v) is 8.48. The van der Waals surface area contributed by atoms with Gasteiger partial charge in [0.25, 0.3) is 0 Å². The number of allylic oxidation sites excluding steroid dienone is 2. The van der Waals surface area contributed by atoms with Crippen LogP contribution in [0.4, 0.5) is 0 Å². The van der Waals surface area contributed by atoms with E-state index in [2.05, 4.69) is 40.2 Å². The second-order valence-corrected chi connectivity index (χ2v) is 12.4. The molecule has 5 rings (SSSR count). The molecule has 1 aromatic carbocycles. The van der Waals surface area contributed by atoms with Gasteiger partial charge in [0.2, 0.25) is 17.7 Å². The first kappa shape index (κ1) is 24.7. The molecule has 3 N–H and O–H groups in total. The molecule has 0 unspecified atom stereocenters. The predicted molar refractivity (Wildman–Crippen MR) is 140 cm³/mol. The van der Waals surface area contributed by atoms with Crippen molar-refractivity contribution in [2.75, 3.05) is 18.6 Å². The highest BCUT2D eigenvalue weighted by atomic mass is 32.2. The average Bonchev–Trinajstić information content (AvgIpc) is 3.43. The lowest BCUT2D eigenvalue weighted by Gasteiger charge is -2.37. The Morgan fingerprint density at radius 2 is 1.83 bits per heavy atom. The normalized spacial score (nSPS) is 29.9. The standard InChI is InChI=1S/C26H34N4O3S2/c1-16(27-2)23(31)29-19-10-14-35-21-15-26(11-5-6-12-26)22(30(21)25(19)33)24(32)28-18-9-13-34-20-8-4-3-7-17(18)20/h3-8,16,18-19,21-22,27H,9-15H2,1-2H3,(H,28,32)(H,29,31)/t16-,18+,19-,21-,22+/m0/s1. The van der Waals surface area contributed by atoms with Crippen molar-refractivity contribution in [1.82, 2.24) is 20.9 Å². The Kier molecular flexibility index (Phi) is 7.19. The van der Waals surface area contributed by atoms with Crippen LogP contribution in [0, 0.1) is 5.41 Å². The Bertz CT molecular complexity index is 1020. The van der Waals surface area contributed by atoms with E-state index in [4.69, 9.17) is 0 Å². The molecule has 35 heavy (non-hydrogen) atoms. The van der Waals surface area contributed by atoms with E-state index in [0.29, 0.717) is 6.42 Å². The van der Waals surface area contributed by atoms with Gasteiger partial charge in [0, 0.05) is 16.1 Å². The summed E-state index contributed by atoms with van der Waals surface area (Å²) in [6.45, 7) is 1.78. The van der Waals surface area contributed by atoms with Gasteiger partial charge in [-0.3, -0.25) is 14.4 Å². The molecule has 5 atom stereocenters. The second kappa shape index (κ2) is 10.2. The Morgan fingerprint density at radius 3 is 2.60 bits per heavy atom. The summed E-state index contributed by atoms with van der Waals surface area (Å²) >= 11 is 3.57. The van der Waals surface area contributed by atoms with Crippen LogP contribution in [0.3, 0.4) is 0 Å². The highest BCUT2D eigenvalue weighted by Crippen LogP contribution is 2.53. The first-order chi connectivity index (χ1) is 16.9. The Balaban J connectivity index is 1.42. The summed E-state index contributed by atoms with van der Waals surface area (Å²) in [4.78, 5) is 43.6. The smallest absolute Gasteiger partial charge is 0.246 e. The summed E-state index contributed by atoms with van der Waals surface area (Å²) in [5.74, 6) is 1.35. The second-order valence-electron chi connectivity index (χ2n) is 10.0. The third-order valence-corrected chi connectivity index (χ3v) is 10.3. The fourth-order valence-electron chi connectivity index (χ4n) is 5.87. The molecule has 0 aromatic heterocycles. The number of nitrogens with zero attached hydrogens (tertiary/aromatic N) is 1. The lowest BCUT2D eigenvalue weighted by atomic mass is 9.77. The van der Waals surface area contributed by atoms with E-state index in [1.54, 1.807) is 25.7 Å². The molecule has 0 saturated carbocycles. The monoisotopic (exact) mass is 514 g/mol. The van der Waals surface area contributed by atoms with Gasteiger partial charge >= 0.3 is 0 Å². The van der Waals surface area contributed by atoms with Gasteiger partial charge in [0.15, 0.2) is 0 Å². The van der Waals surface area contributed by atoms with E-state index in [1.165, 1.54) is 4.90 Å². The van der Waals surface area contributed by atoms with Crippen molar-refractivity contribution in [3.8, 4) is 0 Å². The molecule has 1 aromatic rings.